The monoisotopic (exact) mass is 748 g/mol. The molecule has 0 amide bonds. The summed E-state index contributed by atoms with van der Waals surface area (Å²) in [5, 5.41) is 1.11. The SMILES string of the molecule is CC1(C)C2=C(CC3C2c2ccccc2N3c2ccc3c4c(oc3c2)C=CCC4c2nc(-c3ccccc3)nc(-c3ccc(-c4ccccc4)cc3)n2)c2ccccc21. The number of nitrogens with zero attached hydrogens (tertiary/aromatic N) is 4. The summed E-state index contributed by atoms with van der Waals surface area (Å²) in [7, 11) is 0. The second-order valence-electron chi connectivity index (χ2n) is 16.6. The van der Waals surface area contributed by atoms with Gasteiger partial charge in [-0.25, -0.2) is 15.0 Å². The lowest BCUT2D eigenvalue weighted by atomic mass is 9.74. The molecule has 0 fully saturated rings. The van der Waals surface area contributed by atoms with E-state index >= 15 is 0 Å². The van der Waals surface area contributed by atoms with E-state index in [1.807, 2.05) is 24.3 Å². The van der Waals surface area contributed by atoms with Gasteiger partial charge in [-0.3, -0.25) is 0 Å². The van der Waals surface area contributed by atoms with E-state index in [1.165, 1.54) is 39.2 Å². The second-order valence-corrected chi connectivity index (χ2v) is 16.6. The molecule has 4 aliphatic rings. The zero-order chi connectivity index (χ0) is 38.5. The number of allylic oxidation sites excluding steroid dienone is 1. The third-order valence-electron chi connectivity index (χ3n) is 13.2. The van der Waals surface area contributed by atoms with Crippen LogP contribution in [0.5, 0.6) is 0 Å². The fourth-order valence-electron chi connectivity index (χ4n) is 10.6. The Hall–Kier alpha value is -6.85. The van der Waals surface area contributed by atoms with E-state index in [4.69, 9.17) is 19.4 Å². The standard InChI is InChI=1S/C53H40N4O/c1-53(2)42-21-11-9-18-37(42)41-31-44-48(49(41)53)38-19-10-12-22-43(38)57(44)36-28-29-39-46(30-36)58-45-23-13-20-40(47(39)45)52-55-50(34-16-7-4-8-17-34)54-51(56-52)35-26-24-33(25-27-35)32-14-5-3-6-15-32/h3-19,21-30,40,44,48H,20,31H2,1-2H3. The first-order valence-electron chi connectivity index (χ1n) is 20.4. The third-order valence-corrected chi connectivity index (χ3v) is 13.2. The quantitative estimate of drug-likeness (QED) is 0.175. The number of hydrogen-bond acceptors (Lipinski definition) is 5. The first kappa shape index (κ1) is 33.3. The highest BCUT2D eigenvalue weighted by atomic mass is 16.3. The maximum absolute atomic E-state index is 6.79. The van der Waals surface area contributed by atoms with Crippen LogP contribution in [0.25, 0.3) is 56.5 Å². The number of anilines is 2. The van der Waals surface area contributed by atoms with Crippen molar-refractivity contribution in [3.63, 3.8) is 0 Å². The topological polar surface area (TPSA) is 55.1 Å². The summed E-state index contributed by atoms with van der Waals surface area (Å²) in [5.41, 5.74) is 16.2. The van der Waals surface area contributed by atoms with Crippen LogP contribution in [0.15, 0.2) is 168 Å². The van der Waals surface area contributed by atoms with Crippen molar-refractivity contribution in [2.45, 2.75) is 50.0 Å². The molecule has 3 unspecified atom stereocenters. The average Bonchev–Trinajstić information content (AvgIpc) is 4.00. The van der Waals surface area contributed by atoms with Crippen LogP contribution in [0, 0.1) is 0 Å². The van der Waals surface area contributed by atoms with Crippen molar-refractivity contribution in [3.05, 3.63) is 197 Å². The van der Waals surface area contributed by atoms with Gasteiger partial charge in [0.1, 0.15) is 17.2 Å². The van der Waals surface area contributed by atoms with Gasteiger partial charge in [-0.05, 0) is 76.1 Å². The highest BCUT2D eigenvalue weighted by Gasteiger charge is 2.54. The molecule has 0 bridgehead atoms. The van der Waals surface area contributed by atoms with E-state index < -0.39 is 0 Å². The summed E-state index contributed by atoms with van der Waals surface area (Å²) < 4.78 is 6.79. The van der Waals surface area contributed by atoms with E-state index in [0.717, 1.165) is 57.6 Å². The van der Waals surface area contributed by atoms with Crippen LogP contribution in [0.2, 0.25) is 0 Å². The van der Waals surface area contributed by atoms with Crippen LogP contribution in [0.4, 0.5) is 11.4 Å². The molecule has 0 radical (unpaired) electrons. The third kappa shape index (κ3) is 4.92. The molecule has 3 aliphatic carbocycles. The van der Waals surface area contributed by atoms with Crippen molar-refractivity contribution in [1.29, 1.82) is 0 Å². The van der Waals surface area contributed by atoms with Gasteiger partial charge < -0.3 is 9.32 Å². The van der Waals surface area contributed by atoms with Gasteiger partial charge >= 0.3 is 0 Å². The Morgan fingerprint density at radius 1 is 0.655 bits per heavy atom. The highest BCUT2D eigenvalue weighted by Crippen LogP contribution is 2.64. The molecule has 12 rings (SSSR count). The number of rotatable bonds is 5. The number of aromatic nitrogens is 3. The molecule has 5 nitrogen and oxygen atoms in total. The summed E-state index contributed by atoms with van der Waals surface area (Å²) in [5.74, 6) is 3.20. The van der Waals surface area contributed by atoms with Crippen molar-refractivity contribution in [1.82, 2.24) is 15.0 Å². The van der Waals surface area contributed by atoms with Crippen LogP contribution >= 0.6 is 0 Å². The van der Waals surface area contributed by atoms with E-state index in [2.05, 4.69) is 158 Å². The molecule has 278 valence electrons. The molecule has 5 heteroatoms. The molecule has 0 saturated carbocycles. The minimum Gasteiger partial charge on any atom is -0.456 e. The number of benzene rings is 6. The lowest BCUT2D eigenvalue weighted by Crippen LogP contribution is -2.31. The van der Waals surface area contributed by atoms with E-state index in [1.54, 1.807) is 5.57 Å². The van der Waals surface area contributed by atoms with Gasteiger partial charge in [-0.15, -0.1) is 0 Å². The second kappa shape index (κ2) is 12.6. The van der Waals surface area contributed by atoms with Gasteiger partial charge in [-0.2, -0.15) is 0 Å². The molecule has 1 aliphatic heterocycles. The van der Waals surface area contributed by atoms with Crippen molar-refractivity contribution >= 4 is 34.0 Å². The van der Waals surface area contributed by atoms with Gasteiger partial charge in [0.25, 0.3) is 0 Å². The van der Waals surface area contributed by atoms with Gasteiger partial charge in [-0.1, -0.05) is 147 Å². The summed E-state index contributed by atoms with van der Waals surface area (Å²) in [4.78, 5) is 18.1. The number of fused-ring (bicyclic) bond motifs is 9. The van der Waals surface area contributed by atoms with Gasteiger partial charge in [0.2, 0.25) is 0 Å². The smallest absolute Gasteiger partial charge is 0.163 e. The summed E-state index contributed by atoms with van der Waals surface area (Å²) in [6.07, 6.45) is 6.11. The Labute approximate surface area is 338 Å². The first-order valence-corrected chi connectivity index (χ1v) is 20.4. The fraction of sp³-hybridized carbons (Fsp3) is 0.151. The fourth-order valence-corrected chi connectivity index (χ4v) is 10.6. The lowest BCUT2D eigenvalue weighted by molar-refractivity contribution is 0.551. The van der Waals surface area contributed by atoms with E-state index in [0.29, 0.717) is 23.6 Å². The lowest BCUT2D eigenvalue weighted by Gasteiger charge is -2.32. The molecule has 0 N–H and O–H groups in total. The maximum atomic E-state index is 6.79. The average molecular weight is 749 g/mol. The highest BCUT2D eigenvalue weighted by molar-refractivity contribution is 5.93. The molecule has 58 heavy (non-hydrogen) atoms. The minimum absolute atomic E-state index is 0.0132. The van der Waals surface area contributed by atoms with Crippen LogP contribution < -0.4 is 4.90 Å². The Morgan fingerprint density at radius 2 is 1.31 bits per heavy atom. The molecule has 0 spiro atoms. The van der Waals surface area contributed by atoms with Crippen LogP contribution in [0.1, 0.15) is 72.4 Å². The predicted molar refractivity (Wildman–Crippen MR) is 234 cm³/mol. The molecule has 3 heterocycles. The summed E-state index contributed by atoms with van der Waals surface area (Å²) >= 11 is 0. The van der Waals surface area contributed by atoms with Crippen LogP contribution in [-0.2, 0) is 5.41 Å². The van der Waals surface area contributed by atoms with Crippen molar-refractivity contribution in [2.24, 2.45) is 0 Å². The normalized spacial score (nSPS) is 19.6. The van der Waals surface area contributed by atoms with Gasteiger partial charge in [0.05, 0.1) is 5.92 Å². The van der Waals surface area contributed by atoms with Crippen molar-refractivity contribution in [2.75, 3.05) is 4.90 Å². The molecule has 8 aromatic rings. The maximum Gasteiger partial charge on any atom is 0.163 e. The Balaban J connectivity index is 0.940. The zero-order valence-corrected chi connectivity index (χ0v) is 32.4. The summed E-state index contributed by atoms with van der Waals surface area (Å²) in [6, 6.07) is 54.5. The van der Waals surface area contributed by atoms with E-state index in [9.17, 15) is 0 Å². The van der Waals surface area contributed by atoms with Gasteiger partial charge in [0, 0.05) is 56.9 Å². The molecule has 2 aromatic heterocycles. The minimum atomic E-state index is -0.0962. The molecular formula is C53H40N4O. The molecule has 0 saturated heterocycles. The Morgan fingerprint density at radius 3 is 2.10 bits per heavy atom. The zero-order valence-electron chi connectivity index (χ0n) is 32.4. The largest absolute Gasteiger partial charge is 0.456 e. The van der Waals surface area contributed by atoms with Gasteiger partial charge in [0.15, 0.2) is 11.6 Å². The van der Waals surface area contributed by atoms with Crippen molar-refractivity contribution < 1.29 is 4.42 Å². The number of furan rings is 1. The predicted octanol–water partition coefficient (Wildman–Crippen LogP) is 12.9. The van der Waals surface area contributed by atoms with Crippen molar-refractivity contribution in [3.8, 4) is 33.9 Å². The Kier molecular flexibility index (Phi) is 7.22. The molecule has 3 atom stereocenters. The Bertz CT molecular complexity index is 3000. The van der Waals surface area contributed by atoms with Crippen LogP contribution in [0.3, 0.4) is 0 Å². The summed E-state index contributed by atoms with van der Waals surface area (Å²) in [6.45, 7) is 4.84. The number of hydrogen-bond donors (Lipinski definition) is 0. The molecular weight excluding hydrogens is 709 g/mol. The van der Waals surface area contributed by atoms with E-state index in [-0.39, 0.29) is 11.3 Å². The first-order chi connectivity index (χ1) is 28.5. The van der Waals surface area contributed by atoms with Crippen LogP contribution in [-0.4, -0.2) is 21.0 Å². The number of para-hydroxylation sites is 1. The molecule has 6 aromatic carbocycles.